The first kappa shape index (κ1) is 12.3. The van der Waals surface area contributed by atoms with E-state index in [-0.39, 0.29) is 6.29 Å². The summed E-state index contributed by atoms with van der Waals surface area (Å²) in [5, 5.41) is 0.660. The SMILES string of the molecule is Nc1ncc(CN2CCC(C3OCCO3)CC2)s1. The summed E-state index contributed by atoms with van der Waals surface area (Å²) in [5.41, 5.74) is 5.64. The summed E-state index contributed by atoms with van der Waals surface area (Å²) in [5.74, 6) is 0.565. The lowest BCUT2D eigenvalue weighted by molar-refractivity contribution is -0.0977. The average molecular weight is 269 g/mol. The van der Waals surface area contributed by atoms with E-state index >= 15 is 0 Å². The normalized spacial score (nSPS) is 23.8. The summed E-state index contributed by atoms with van der Waals surface area (Å²) in [6, 6.07) is 0. The Morgan fingerprint density at radius 2 is 2.06 bits per heavy atom. The molecule has 3 rings (SSSR count). The minimum atomic E-state index is 0.0474. The Balaban J connectivity index is 1.47. The van der Waals surface area contributed by atoms with Crippen LogP contribution in [-0.2, 0) is 16.0 Å². The van der Waals surface area contributed by atoms with E-state index in [1.807, 2.05) is 6.20 Å². The summed E-state index contributed by atoms with van der Waals surface area (Å²) >= 11 is 1.58. The summed E-state index contributed by atoms with van der Waals surface area (Å²) in [7, 11) is 0. The van der Waals surface area contributed by atoms with Gasteiger partial charge in [-0.3, -0.25) is 4.90 Å². The summed E-state index contributed by atoms with van der Waals surface area (Å²) < 4.78 is 11.2. The molecule has 2 aliphatic heterocycles. The first-order chi connectivity index (χ1) is 8.81. The number of hydrogen-bond donors (Lipinski definition) is 1. The lowest BCUT2D eigenvalue weighted by atomic mass is 9.96. The molecule has 2 aliphatic rings. The number of thiazole rings is 1. The van der Waals surface area contributed by atoms with Crippen molar-refractivity contribution in [1.29, 1.82) is 0 Å². The second-order valence-electron chi connectivity index (χ2n) is 4.89. The van der Waals surface area contributed by atoms with Gasteiger partial charge in [0.15, 0.2) is 11.4 Å². The maximum atomic E-state index is 5.64. The van der Waals surface area contributed by atoms with Crippen molar-refractivity contribution < 1.29 is 9.47 Å². The van der Waals surface area contributed by atoms with Crippen LogP contribution in [-0.4, -0.2) is 42.5 Å². The van der Waals surface area contributed by atoms with E-state index in [9.17, 15) is 0 Å². The highest BCUT2D eigenvalue weighted by atomic mass is 32.1. The molecule has 0 spiro atoms. The maximum Gasteiger partial charge on any atom is 0.180 e. The molecule has 0 aliphatic carbocycles. The Bertz CT molecular complexity index is 384. The number of ether oxygens (including phenoxy) is 2. The van der Waals surface area contributed by atoms with Gasteiger partial charge in [0.05, 0.1) is 13.2 Å². The fraction of sp³-hybridized carbons (Fsp3) is 0.750. The third-order valence-corrected chi connectivity index (χ3v) is 4.43. The number of piperidine rings is 1. The van der Waals surface area contributed by atoms with Crippen LogP contribution in [0.25, 0.3) is 0 Å². The number of aromatic nitrogens is 1. The smallest absolute Gasteiger partial charge is 0.180 e. The monoisotopic (exact) mass is 269 g/mol. The van der Waals surface area contributed by atoms with Gasteiger partial charge in [0.25, 0.3) is 0 Å². The van der Waals surface area contributed by atoms with Gasteiger partial charge in [-0.25, -0.2) is 4.98 Å². The van der Waals surface area contributed by atoms with Crippen molar-refractivity contribution in [2.75, 3.05) is 32.0 Å². The molecule has 0 amide bonds. The number of rotatable bonds is 3. The average Bonchev–Trinajstić information content (AvgIpc) is 3.02. The molecular weight excluding hydrogens is 250 g/mol. The Kier molecular flexibility index (Phi) is 3.79. The Labute approximate surface area is 111 Å². The molecule has 2 fully saturated rings. The second-order valence-corrected chi connectivity index (χ2v) is 6.04. The van der Waals surface area contributed by atoms with Crippen molar-refractivity contribution in [3.63, 3.8) is 0 Å². The summed E-state index contributed by atoms with van der Waals surface area (Å²) in [4.78, 5) is 7.80. The maximum absolute atomic E-state index is 5.64. The number of likely N-dealkylation sites (tertiary alicyclic amines) is 1. The van der Waals surface area contributed by atoms with Crippen molar-refractivity contribution in [3.05, 3.63) is 11.1 Å². The molecule has 0 saturated carbocycles. The minimum Gasteiger partial charge on any atom is -0.375 e. The quantitative estimate of drug-likeness (QED) is 0.896. The van der Waals surface area contributed by atoms with Crippen molar-refractivity contribution in [1.82, 2.24) is 9.88 Å². The number of nitrogen functional groups attached to an aromatic ring is 1. The third-order valence-electron chi connectivity index (χ3n) is 3.62. The zero-order chi connectivity index (χ0) is 12.4. The second kappa shape index (κ2) is 5.52. The summed E-state index contributed by atoms with van der Waals surface area (Å²) in [6.45, 7) is 4.68. The summed E-state index contributed by atoms with van der Waals surface area (Å²) in [6.07, 6.45) is 4.24. The van der Waals surface area contributed by atoms with E-state index in [0.717, 1.165) is 45.7 Å². The molecule has 0 bridgehead atoms. The van der Waals surface area contributed by atoms with E-state index in [4.69, 9.17) is 15.2 Å². The molecule has 1 aromatic heterocycles. The Morgan fingerprint density at radius 1 is 1.33 bits per heavy atom. The highest BCUT2D eigenvalue weighted by Crippen LogP contribution is 2.27. The van der Waals surface area contributed by atoms with Gasteiger partial charge in [0, 0.05) is 23.5 Å². The van der Waals surface area contributed by atoms with Crippen molar-refractivity contribution >= 4 is 16.5 Å². The predicted octanol–water partition coefficient (Wildman–Crippen LogP) is 1.31. The van der Waals surface area contributed by atoms with Crippen LogP contribution in [0.1, 0.15) is 17.7 Å². The Morgan fingerprint density at radius 3 is 2.67 bits per heavy atom. The van der Waals surface area contributed by atoms with Gasteiger partial charge in [-0.05, 0) is 25.9 Å². The fourth-order valence-corrected chi connectivity index (χ4v) is 3.37. The van der Waals surface area contributed by atoms with Crippen LogP contribution in [0.2, 0.25) is 0 Å². The molecule has 18 heavy (non-hydrogen) atoms. The number of nitrogens with zero attached hydrogens (tertiary/aromatic N) is 2. The van der Waals surface area contributed by atoms with Crippen LogP contribution >= 0.6 is 11.3 Å². The van der Waals surface area contributed by atoms with Crippen LogP contribution in [0.5, 0.6) is 0 Å². The van der Waals surface area contributed by atoms with Gasteiger partial charge >= 0.3 is 0 Å². The predicted molar refractivity (Wildman–Crippen MR) is 70.2 cm³/mol. The van der Waals surface area contributed by atoms with Gasteiger partial charge in [-0.15, -0.1) is 11.3 Å². The molecular formula is C12H19N3O2S. The van der Waals surface area contributed by atoms with E-state index in [0.29, 0.717) is 11.0 Å². The van der Waals surface area contributed by atoms with E-state index in [2.05, 4.69) is 9.88 Å². The molecule has 0 radical (unpaired) electrons. The van der Waals surface area contributed by atoms with Crippen LogP contribution in [0.3, 0.4) is 0 Å². The molecule has 1 aromatic rings. The minimum absolute atomic E-state index is 0.0474. The molecule has 0 unspecified atom stereocenters. The molecule has 6 heteroatoms. The lowest BCUT2D eigenvalue weighted by Gasteiger charge is -2.33. The molecule has 2 saturated heterocycles. The molecule has 2 N–H and O–H groups in total. The van der Waals surface area contributed by atoms with Gasteiger partial charge in [-0.1, -0.05) is 0 Å². The molecule has 0 atom stereocenters. The molecule has 5 nitrogen and oxygen atoms in total. The van der Waals surface area contributed by atoms with Crippen LogP contribution < -0.4 is 5.73 Å². The van der Waals surface area contributed by atoms with Gasteiger partial charge < -0.3 is 15.2 Å². The third kappa shape index (κ3) is 2.83. The molecule has 100 valence electrons. The zero-order valence-corrected chi connectivity index (χ0v) is 11.2. The molecule has 3 heterocycles. The topological polar surface area (TPSA) is 60.6 Å². The van der Waals surface area contributed by atoms with Crippen molar-refractivity contribution in [3.8, 4) is 0 Å². The van der Waals surface area contributed by atoms with E-state index in [1.54, 1.807) is 11.3 Å². The van der Waals surface area contributed by atoms with Crippen molar-refractivity contribution in [2.45, 2.75) is 25.7 Å². The first-order valence-electron chi connectivity index (χ1n) is 6.47. The Hall–Kier alpha value is -0.690. The van der Waals surface area contributed by atoms with Gasteiger partial charge in [0.1, 0.15) is 0 Å². The van der Waals surface area contributed by atoms with Gasteiger partial charge in [0.2, 0.25) is 0 Å². The van der Waals surface area contributed by atoms with Crippen LogP contribution in [0.15, 0.2) is 6.20 Å². The van der Waals surface area contributed by atoms with Crippen LogP contribution in [0.4, 0.5) is 5.13 Å². The number of nitrogens with two attached hydrogens (primary N) is 1. The molecule has 0 aromatic carbocycles. The fourth-order valence-electron chi connectivity index (χ4n) is 2.65. The standard InChI is InChI=1S/C12H19N3O2S/c13-12-14-7-10(18-12)8-15-3-1-9(2-4-15)11-16-5-6-17-11/h7,9,11H,1-6,8H2,(H2,13,14). The van der Waals surface area contributed by atoms with Gasteiger partial charge in [-0.2, -0.15) is 0 Å². The lowest BCUT2D eigenvalue weighted by Crippen LogP contribution is -2.37. The van der Waals surface area contributed by atoms with E-state index in [1.165, 1.54) is 4.88 Å². The number of anilines is 1. The number of hydrogen-bond acceptors (Lipinski definition) is 6. The highest BCUT2D eigenvalue weighted by molar-refractivity contribution is 7.15. The van der Waals surface area contributed by atoms with Crippen molar-refractivity contribution in [2.24, 2.45) is 5.92 Å². The first-order valence-corrected chi connectivity index (χ1v) is 7.28. The largest absolute Gasteiger partial charge is 0.375 e. The zero-order valence-electron chi connectivity index (χ0n) is 10.4. The highest BCUT2D eigenvalue weighted by Gasteiger charge is 2.30. The van der Waals surface area contributed by atoms with E-state index < -0.39 is 0 Å². The van der Waals surface area contributed by atoms with Crippen LogP contribution in [0, 0.1) is 5.92 Å².